The number of esters is 1. The molecule has 6 heteroatoms. The van der Waals surface area contributed by atoms with E-state index in [0.29, 0.717) is 17.0 Å². The van der Waals surface area contributed by atoms with E-state index in [9.17, 15) is 9.59 Å². The predicted octanol–water partition coefficient (Wildman–Crippen LogP) is 2.30. The Balaban J connectivity index is 2.63. The van der Waals surface area contributed by atoms with Gasteiger partial charge in [-0.3, -0.25) is 4.79 Å². The summed E-state index contributed by atoms with van der Waals surface area (Å²) in [7, 11) is 1.33. The van der Waals surface area contributed by atoms with Crippen LogP contribution in [0.4, 0.5) is 5.69 Å². The van der Waals surface area contributed by atoms with Crippen molar-refractivity contribution in [2.24, 2.45) is 5.73 Å². The average Bonchev–Trinajstić information content (AvgIpc) is 2.70. The lowest BCUT2D eigenvalue weighted by atomic mass is 10.1. The van der Waals surface area contributed by atoms with Crippen LogP contribution in [-0.2, 0) is 9.53 Å². The van der Waals surface area contributed by atoms with Crippen LogP contribution in [0.1, 0.15) is 41.4 Å². The highest BCUT2D eigenvalue weighted by Gasteiger charge is 2.18. The third-order valence-corrected chi connectivity index (χ3v) is 3.75. The SMILES string of the molecule is COC(=O)c1scc(C)c1NC(=O)CCCC(C)N. The van der Waals surface area contributed by atoms with Crippen LogP contribution in [0, 0.1) is 6.92 Å². The molecule has 19 heavy (non-hydrogen) atoms. The molecule has 1 amide bonds. The van der Waals surface area contributed by atoms with E-state index < -0.39 is 5.97 Å². The van der Waals surface area contributed by atoms with Gasteiger partial charge < -0.3 is 15.8 Å². The molecule has 3 N–H and O–H groups in total. The van der Waals surface area contributed by atoms with E-state index in [0.717, 1.165) is 18.4 Å². The van der Waals surface area contributed by atoms with E-state index in [1.807, 2.05) is 19.2 Å². The summed E-state index contributed by atoms with van der Waals surface area (Å²) < 4.78 is 4.69. The van der Waals surface area contributed by atoms with E-state index in [1.54, 1.807) is 0 Å². The summed E-state index contributed by atoms with van der Waals surface area (Å²) in [4.78, 5) is 23.8. The fourth-order valence-corrected chi connectivity index (χ4v) is 2.55. The fraction of sp³-hybridized carbons (Fsp3) is 0.538. The van der Waals surface area contributed by atoms with Crippen LogP contribution in [0.15, 0.2) is 5.38 Å². The lowest BCUT2D eigenvalue weighted by molar-refractivity contribution is -0.116. The molecule has 106 valence electrons. The predicted molar refractivity (Wildman–Crippen MR) is 76.5 cm³/mol. The number of nitrogens with two attached hydrogens (primary N) is 1. The third-order valence-electron chi connectivity index (χ3n) is 2.67. The molecule has 0 fully saturated rings. The number of ether oxygens (including phenoxy) is 1. The summed E-state index contributed by atoms with van der Waals surface area (Å²) in [6.45, 7) is 3.76. The summed E-state index contributed by atoms with van der Waals surface area (Å²) in [5.41, 5.74) is 7.05. The highest BCUT2D eigenvalue weighted by atomic mass is 32.1. The number of methoxy groups -OCH3 is 1. The summed E-state index contributed by atoms with van der Waals surface area (Å²) in [6, 6.07) is 0.0984. The quantitative estimate of drug-likeness (QED) is 0.785. The van der Waals surface area contributed by atoms with Gasteiger partial charge in [0.1, 0.15) is 4.88 Å². The van der Waals surface area contributed by atoms with Gasteiger partial charge in [0.15, 0.2) is 0 Å². The third kappa shape index (κ3) is 4.65. The van der Waals surface area contributed by atoms with Crippen molar-refractivity contribution in [1.29, 1.82) is 0 Å². The number of aryl methyl sites for hydroxylation is 1. The Labute approximate surface area is 117 Å². The van der Waals surface area contributed by atoms with E-state index >= 15 is 0 Å². The summed E-state index contributed by atoms with van der Waals surface area (Å²) in [6.07, 6.45) is 1.94. The zero-order valence-electron chi connectivity index (χ0n) is 11.5. The second-order valence-corrected chi connectivity index (χ2v) is 5.41. The van der Waals surface area contributed by atoms with Gasteiger partial charge in [-0.1, -0.05) is 0 Å². The number of carbonyl (C=O) groups is 2. The van der Waals surface area contributed by atoms with Crippen LogP contribution >= 0.6 is 11.3 Å². The molecule has 1 aromatic rings. The van der Waals surface area contributed by atoms with E-state index in [2.05, 4.69) is 10.1 Å². The Morgan fingerprint density at radius 2 is 2.21 bits per heavy atom. The van der Waals surface area contributed by atoms with Crippen molar-refractivity contribution >= 4 is 28.9 Å². The first-order valence-corrected chi connectivity index (χ1v) is 7.05. The van der Waals surface area contributed by atoms with E-state index in [-0.39, 0.29) is 11.9 Å². The minimum Gasteiger partial charge on any atom is -0.465 e. The molecular weight excluding hydrogens is 264 g/mol. The first-order chi connectivity index (χ1) is 8.95. The second-order valence-electron chi connectivity index (χ2n) is 4.53. The highest BCUT2D eigenvalue weighted by Crippen LogP contribution is 2.28. The van der Waals surface area contributed by atoms with E-state index in [4.69, 9.17) is 5.73 Å². The maximum absolute atomic E-state index is 11.8. The van der Waals surface area contributed by atoms with Crippen molar-refractivity contribution in [3.63, 3.8) is 0 Å². The van der Waals surface area contributed by atoms with Gasteiger partial charge in [0, 0.05) is 12.5 Å². The lowest BCUT2D eigenvalue weighted by Crippen LogP contribution is -2.17. The number of hydrogen-bond donors (Lipinski definition) is 2. The number of rotatable bonds is 6. The molecule has 0 spiro atoms. The number of carbonyl (C=O) groups excluding carboxylic acids is 2. The molecular formula is C13H20N2O3S. The number of anilines is 1. The molecule has 1 atom stereocenters. The Kier molecular flexibility index (Phi) is 5.98. The highest BCUT2D eigenvalue weighted by molar-refractivity contribution is 7.12. The van der Waals surface area contributed by atoms with Crippen LogP contribution < -0.4 is 11.1 Å². The van der Waals surface area contributed by atoms with Gasteiger partial charge in [0.25, 0.3) is 0 Å². The van der Waals surface area contributed by atoms with Gasteiger partial charge in [-0.05, 0) is 37.6 Å². The Morgan fingerprint density at radius 3 is 2.79 bits per heavy atom. The normalized spacial score (nSPS) is 12.0. The zero-order valence-corrected chi connectivity index (χ0v) is 12.3. The van der Waals surface area contributed by atoms with Crippen LogP contribution in [-0.4, -0.2) is 25.0 Å². The molecule has 0 aromatic carbocycles. The summed E-state index contributed by atoms with van der Waals surface area (Å²) >= 11 is 1.27. The van der Waals surface area contributed by atoms with Crippen molar-refractivity contribution in [1.82, 2.24) is 0 Å². The summed E-state index contributed by atoms with van der Waals surface area (Å²) in [5, 5.41) is 4.60. The van der Waals surface area contributed by atoms with Crippen molar-refractivity contribution in [3.05, 3.63) is 15.8 Å². The first-order valence-electron chi connectivity index (χ1n) is 6.17. The fourth-order valence-electron chi connectivity index (χ4n) is 1.63. The molecule has 0 aliphatic heterocycles. The molecule has 5 nitrogen and oxygen atoms in total. The van der Waals surface area contributed by atoms with Gasteiger partial charge in [0.05, 0.1) is 12.8 Å². The Morgan fingerprint density at radius 1 is 1.53 bits per heavy atom. The van der Waals surface area contributed by atoms with Crippen molar-refractivity contribution in [2.45, 2.75) is 39.2 Å². The lowest BCUT2D eigenvalue weighted by Gasteiger charge is -2.08. The van der Waals surface area contributed by atoms with Crippen molar-refractivity contribution < 1.29 is 14.3 Å². The van der Waals surface area contributed by atoms with Crippen LogP contribution in [0.3, 0.4) is 0 Å². The molecule has 1 aromatic heterocycles. The van der Waals surface area contributed by atoms with Crippen molar-refractivity contribution in [2.75, 3.05) is 12.4 Å². The van der Waals surface area contributed by atoms with Crippen LogP contribution in [0.5, 0.6) is 0 Å². The minimum atomic E-state index is -0.427. The number of hydrogen-bond acceptors (Lipinski definition) is 5. The minimum absolute atomic E-state index is 0.0984. The molecule has 0 radical (unpaired) electrons. The number of thiophene rings is 1. The molecule has 0 saturated heterocycles. The molecule has 1 unspecified atom stereocenters. The molecule has 0 bridgehead atoms. The van der Waals surface area contributed by atoms with Crippen LogP contribution in [0.2, 0.25) is 0 Å². The van der Waals surface area contributed by atoms with Gasteiger partial charge in [-0.15, -0.1) is 11.3 Å². The second kappa shape index (κ2) is 7.25. The molecule has 0 aliphatic carbocycles. The molecule has 1 heterocycles. The first kappa shape index (κ1) is 15.7. The maximum Gasteiger partial charge on any atom is 0.350 e. The Hall–Kier alpha value is -1.40. The standard InChI is InChI=1S/C13H20N2O3S/c1-8-7-19-12(13(17)18-3)11(8)15-10(16)6-4-5-9(2)14/h7,9H,4-6,14H2,1-3H3,(H,15,16). The maximum atomic E-state index is 11.8. The molecule has 0 aliphatic rings. The molecule has 0 saturated carbocycles. The van der Waals surface area contributed by atoms with E-state index in [1.165, 1.54) is 18.4 Å². The number of amides is 1. The molecule has 1 rings (SSSR count). The number of nitrogens with one attached hydrogen (secondary N) is 1. The van der Waals surface area contributed by atoms with Gasteiger partial charge in [0.2, 0.25) is 5.91 Å². The van der Waals surface area contributed by atoms with Crippen LogP contribution in [0.25, 0.3) is 0 Å². The zero-order chi connectivity index (χ0) is 14.4. The largest absolute Gasteiger partial charge is 0.465 e. The van der Waals surface area contributed by atoms with Crippen molar-refractivity contribution in [3.8, 4) is 0 Å². The van der Waals surface area contributed by atoms with Gasteiger partial charge in [-0.2, -0.15) is 0 Å². The Bertz CT molecular complexity index is 455. The average molecular weight is 284 g/mol. The van der Waals surface area contributed by atoms with Gasteiger partial charge in [-0.25, -0.2) is 4.79 Å². The topological polar surface area (TPSA) is 81.4 Å². The monoisotopic (exact) mass is 284 g/mol. The van der Waals surface area contributed by atoms with Gasteiger partial charge >= 0.3 is 5.97 Å². The summed E-state index contributed by atoms with van der Waals surface area (Å²) in [5.74, 6) is -0.531. The smallest absolute Gasteiger partial charge is 0.350 e.